The molecule has 2 aromatic rings. The van der Waals surface area contributed by atoms with E-state index in [1.165, 1.54) is 23.2 Å². The van der Waals surface area contributed by atoms with Crippen LogP contribution in [0.4, 0.5) is 4.39 Å². The Kier molecular flexibility index (Phi) is 3.85. The van der Waals surface area contributed by atoms with Crippen LogP contribution in [0.25, 0.3) is 11.3 Å². The maximum atomic E-state index is 13.4. The SMILES string of the molecule is CC1C(=O)N(C)CCN1C(=O)c1cn[nH]c1-c1cccc(F)c1. The van der Waals surface area contributed by atoms with E-state index in [1.54, 1.807) is 31.0 Å². The van der Waals surface area contributed by atoms with Crippen molar-refractivity contribution >= 4 is 11.8 Å². The first-order valence-corrected chi connectivity index (χ1v) is 7.34. The molecule has 0 aliphatic carbocycles. The third kappa shape index (κ3) is 2.69. The number of aromatic amines is 1. The fraction of sp³-hybridized carbons (Fsp3) is 0.312. The van der Waals surface area contributed by atoms with Crippen molar-refractivity contribution in [2.75, 3.05) is 20.1 Å². The first-order chi connectivity index (χ1) is 11.0. The van der Waals surface area contributed by atoms with Gasteiger partial charge in [0.1, 0.15) is 11.9 Å². The van der Waals surface area contributed by atoms with E-state index in [0.717, 1.165) is 0 Å². The van der Waals surface area contributed by atoms with E-state index >= 15 is 0 Å². The summed E-state index contributed by atoms with van der Waals surface area (Å²) in [5, 5.41) is 6.66. The Hall–Kier alpha value is -2.70. The standard InChI is InChI=1S/C16H17FN4O2/c1-10-15(22)20(2)6-7-21(10)16(23)13-9-18-19-14(13)11-4-3-5-12(17)8-11/h3-5,8-10H,6-7H2,1-2H3,(H,18,19). The van der Waals surface area contributed by atoms with Crippen LogP contribution in [-0.2, 0) is 4.79 Å². The molecular weight excluding hydrogens is 299 g/mol. The van der Waals surface area contributed by atoms with Gasteiger partial charge in [-0.05, 0) is 19.1 Å². The monoisotopic (exact) mass is 316 g/mol. The summed E-state index contributed by atoms with van der Waals surface area (Å²) in [6, 6.07) is 5.41. The maximum absolute atomic E-state index is 13.4. The predicted molar refractivity (Wildman–Crippen MR) is 82.1 cm³/mol. The van der Waals surface area contributed by atoms with Crippen molar-refractivity contribution in [2.24, 2.45) is 0 Å². The third-order valence-electron chi connectivity index (χ3n) is 4.12. The number of rotatable bonds is 2. The van der Waals surface area contributed by atoms with E-state index in [1.807, 2.05) is 0 Å². The van der Waals surface area contributed by atoms with Gasteiger partial charge in [0.2, 0.25) is 5.91 Å². The number of carbonyl (C=O) groups excluding carboxylic acids is 2. The summed E-state index contributed by atoms with van der Waals surface area (Å²) in [6.45, 7) is 2.65. The van der Waals surface area contributed by atoms with Crippen LogP contribution in [0.3, 0.4) is 0 Å². The molecule has 0 radical (unpaired) electrons. The number of H-pyrrole nitrogens is 1. The van der Waals surface area contributed by atoms with Crippen molar-refractivity contribution < 1.29 is 14.0 Å². The maximum Gasteiger partial charge on any atom is 0.258 e. The Morgan fingerprint density at radius 2 is 2.17 bits per heavy atom. The van der Waals surface area contributed by atoms with Gasteiger partial charge in [-0.1, -0.05) is 12.1 Å². The van der Waals surface area contributed by atoms with Gasteiger partial charge in [-0.3, -0.25) is 14.7 Å². The molecule has 23 heavy (non-hydrogen) atoms. The van der Waals surface area contributed by atoms with E-state index < -0.39 is 11.9 Å². The lowest BCUT2D eigenvalue weighted by molar-refractivity contribution is -0.137. The van der Waals surface area contributed by atoms with Gasteiger partial charge < -0.3 is 9.80 Å². The number of nitrogens with one attached hydrogen (secondary N) is 1. The number of amides is 2. The Morgan fingerprint density at radius 1 is 1.39 bits per heavy atom. The fourth-order valence-corrected chi connectivity index (χ4v) is 2.76. The largest absolute Gasteiger partial charge is 0.342 e. The first-order valence-electron chi connectivity index (χ1n) is 7.34. The fourth-order valence-electron chi connectivity index (χ4n) is 2.76. The molecule has 2 heterocycles. The number of hydrogen-bond donors (Lipinski definition) is 1. The van der Waals surface area contributed by atoms with E-state index in [0.29, 0.717) is 29.9 Å². The summed E-state index contributed by atoms with van der Waals surface area (Å²) in [4.78, 5) is 28.0. The summed E-state index contributed by atoms with van der Waals surface area (Å²) < 4.78 is 13.4. The first kappa shape index (κ1) is 15.2. The van der Waals surface area contributed by atoms with E-state index in [-0.39, 0.29) is 11.8 Å². The second-order valence-corrected chi connectivity index (χ2v) is 5.60. The van der Waals surface area contributed by atoms with E-state index in [2.05, 4.69) is 10.2 Å². The molecule has 3 rings (SSSR count). The number of hydrogen-bond acceptors (Lipinski definition) is 3. The zero-order valence-electron chi connectivity index (χ0n) is 12.9. The molecule has 1 aromatic heterocycles. The minimum absolute atomic E-state index is 0.0969. The molecular formula is C16H17FN4O2. The van der Waals surface area contributed by atoms with Crippen molar-refractivity contribution in [3.63, 3.8) is 0 Å². The van der Waals surface area contributed by atoms with Crippen LogP contribution in [-0.4, -0.2) is 58.0 Å². The normalized spacial score (nSPS) is 18.4. The molecule has 0 bridgehead atoms. The number of likely N-dealkylation sites (N-methyl/N-ethyl adjacent to an activating group) is 1. The van der Waals surface area contributed by atoms with Crippen LogP contribution in [0.15, 0.2) is 30.5 Å². The number of halogens is 1. The van der Waals surface area contributed by atoms with Crippen LogP contribution in [0.5, 0.6) is 0 Å². The van der Waals surface area contributed by atoms with Gasteiger partial charge in [0.05, 0.1) is 17.5 Å². The Balaban J connectivity index is 1.93. The van der Waals surface area contributed by atoms with E-state index in [9.17, 15) is 14.0 Å². The number of nitrogens with zero attached hydrogens (tertiary/aromatic N) is 3. The summed E-state index contributed by atoms with van der Waals surface area (Å²) in [5.41, 5.74) is 1.33. The van der Waals surface area contributed by atoms with Crippen LogP contribution in [0.2, 0.25) is 0 Å². The van der Waals surface area contributed by atoms with Crippen LogP contribution in [0.1, 0.15) is 17.3 Å². The van der Waals surface area contributed by atoms with Crippen LogP contribution >= 0.6 is 0 Å². The molecule has 1 N–H and O–H groups in total. The van der Waals surface area contributed by atoms with Gasteiger partial charge in [0, 0.05) is 25.7 Å². The molecule has 2 amide bonds. The molecule has 120 valence electrons. The van der Waals surface area contributed by atoms with Crippen LogP contribution in [0, 0.1) is 5.82 Å². The number of carbonyl (C=O) groups is 2. The summed E-state index contributed by atoms with van der Waals surface area (Å²) in [7, 11) is 1.72. The van der Waals surface area contributed by atoms with Crippen molar-refractivity contribution in [3.8, 4) is 11.3 Å². The van der Waals surface area contributed by atoms with E-state index in [4.69, 9.17) is 0 Å². The molecule has 7 heteroatoms. The Morgan fingerprint density at radius 3 is 2.91 bits per heavy atom. The molecule has 1 unspecified atom stereocenters. The topological polar surface area (TPSA) is 69.3 Å². The molecule has 1 aliphatic rings. The Bertz CT molecular complexity index is 758. The Labute approximate surface area is 132 Å². The number of piperazine rings is 1. The second-order valence-electron chi connectivity index (χ2n) is 5.60. The van der Waals surface area contributed by atoms with Gasteiger partial charge in [-0.15, -0.1) is 0 Å². The quantitative estimate of drug-likeness (QED) is 0.913. The zero-order valence-corrected chi connectivity index (χ0v) is 12.9. The van der Waals surface area contributed by atoms with Gasteiger partial charge >= 0.3 is 0 Å². The molecule has 6 nitrogen and oxygen atoms in total. The average Bonchev–Trinajstić information content (AvgIpc) is 3.02. The second kappa shape index (κ2) is 5.83. The van der Waals surface area contributed by atoms with Gasteiger partial charge in [0.15, 0.2) is 0 Å². The van der Waals surface area contributed by atoms with Crippen molar-refractivity contribution in [1.82, 2.24) is 20.0 Å². The highest BCUT2D eigenvalue weighted by atomic mass is 19.1. The highest BCUT2D eigenvalue weighted by Gasteiger charge is 2.34. The van der Waals surface area contributed by atoms with Crippen molar-refractivity contribution in [2.45, 2.75) is 13.0 Å². The molecule has 0 saturated carbocycles. The summed E-state index contributed by atoms with van der Waals surface area (Å²) in [5.74, 6) is -0.772. The molecule has 1 aliphatic heterocycles. The predicted octanol–water partition coefficient (Wildman–Crippen LogP) is 1.52. The average molecular weight is 316 g/mol. The lowest BCUT2D eigenvalue weighted by Crippen LogP contribution is -2.56. The van der Waals surface area contributed by atoms with Crippen molar-refractivity contribution in [3.05, 3.63) is 41.8 Å². The third-order valence-corrected chi connectivity index (χ3v) is 4.12. The van der Waals surface area contributed by atoms with Gasteiger partial charge in [0.25, 0.3) is 5.91 Å². The number of benzene rings is 1. The van der Waals surface area contributed by atoms with Crippen molar-refractivity contribution in [1.29, 1.82) is 0 Å². The lowest BCUT2D eigenvalue weighted by atomic mass is 10.1. The summed E-state index contributed by atoms with van der Waals surface area (Å²) >= 11 is 0. The smallest absolute Gasteiger partial charge is 0.258 e. The minimum atomic E-state index is -0.531. The molecule has 0 spiro atoms. The lowest BCUT2D eigenvalue weighted by Gasteiger charge is -2.37. The molecule has 1 aromatic carbocycles. The van der Waals surface area contributed by atoms with Gasteiger partial charge in [-0.2, -0.15) is 5.10 Å². The van der Waals surface area contributed by atoms with Gasteiger partial charge in [-0.25, -0.2) is 4.39 Å². The highest BCUT2D eigenvalue weighted by molar-refractivity contribution is 6.02. The minimum Gasteiger partial charge on any atom is -0.342 e. The summed E-state index contributed by atoms with van der Waals surface area (Å²) in [6.07, 6.45) is 1.41. The molecule has 1 atom stereocenters. The zero-order chi connectivity index (χ0) is 16.6. The molecule has 1 saturated heterocycles. The number of aromatic nitrogens is 2. The highest BCUT2D eigenvalue weighted by Crippen LogP contribution is 2.24. The molecule has 1 fully saturated rings. The van der Waals surface area contributed by atoms with Crippen LogP contribution < -0.4 is 0 Å².